The van der Waals surface area contributed by atoms with Crippen molar-refractivity contribution in [1.82, 2.24) is 14.6 Å². The van der Waals surface area contributed by atoms with Gasteiger partial charge in [-0.25, -0.2) is 9.50 Å². The first-order valence-corrected chi connectivity index (χ1v) is 6.88. The molecule has 1 aliphatic heterocycles. The first kappa shape index (κ1) is 12.9. The number of carboxylic acids is 1. The van der Waals surface area contributed by atoms with E-state index in [0.717, 1.165) is 23.6 Å². The molecule has 106 valence electrons. The summed E-state index contributed by atoms with van der Waals surface area (Å²) in [5.41, 5.74) is 1.97. The average molecular weight is 274 g/mol. The lowest BCUT2D eigenvalue weighted by atomic mass is 10.1. The maximum Gasteiger partial charge on any atom is 0.308 e. The van der Waals surface area contributed by atoms with Crippen LogP contribution in [0.15, 0.2) is 18.5 Å². The van der Waals surface area contributed by atoms with E-state index in [9.17, 15) is 4.79 Å². The van der Waals surface area contributed by atoms with Gasteiger partial charge in [-0.2, -0.15) is 5.10 Å². The van der Waals surface area contributed by atoms with Gasteiger partial charge in [0.15, 0.2) is 5.82 Å². The predicted octanol–water partition coefficient (Wildman–Crippen LogP) is 1.76. The third-order valence-corrected chi connectivity index (χ3v) is 3.82. The fourth-order valence-corrected chi connectivity index (χ4v) is 2.61. The highest BCUT2D eigenvalue weighted by Crippen LogP contribution is 2.27. The largest absolute Gasteiger partial charge is 0.481 e. The molecule has 3 rings (SSSR count). The number of aliphatic carboxylic acids is 1. The smallest absolute Gasteiger partial charge is 0.308 e. The van der Waals surface area contributed by atoms with E-state index >= 15 is 0 Å². The molecule has 0 amide bonds. The van der Waals surface area contributed by atoms with Gasteiger partial charge in [0.2, 0.25) is 0 Å². The zero-order chi connectivity index (χ0) is 14.3. The second-order valence-corrected chi connectivity index (χ2v) is 5.57. The lowest BCUT2D eigenvalue weighted by Crippen LogP contribution is -2.24. The molecule has 1 unspecified atom stereocenters. The third-order valence-electron chi connectivity index (χ3n) is 3.82. The molecule has 1 N–H and O–H groups in total. The van der Waals surface area contributed by atoms with Gasteiger partial charge in [-0.05, 0) is 18.4 Å². The topological polar surface area (TPSA) is 70.7 Å². The summed E-state index contributed by atoms with van der Waals surface area (Å²) in [4.78, 5) is 17.5. The second-order valence-electron chi connectivity index (χ2n) is 5.57. The molecule has 2 aromatic rings. The number of aromatic nitrogens is 3. The lowest BCUT2D eigenvalue weighted by Gasteiger charge is -2.17. The van der Waals surface area contributed by atoms with Crippen molar-refractivity contribution in [2.75, 3.05) is 18.0 Å². The van der Waals surface area contributed by atoms with E-state index in [-0.39, 0.29) is 5.92 Å². The highest BCUT2D eigenvalue weighted by Gasteiger charge is 2.29. The van der Waals surface area contributed by atoms with E-state index in [1.807, 2.05) is 21.7 Å². The van der Waals surface area contributed by atoms with Crippen LogP contribution in [0.2, 0.25) is 0 Å². The molecule has 0 spiro atoms. The van der Waals surface area contributed by atoms with Gasteiger partial charge in [-0.1, -0.05) is 13.8 Å². The maximum atomic E-state index is 11.1. The number of hydrogen-bond donors (Lipinski definition) is 1. The minimum absolute atomic E-state index is 0.301. The van der Waals surface area contributed by atoms with Crippen molar-refractivity contribution in [3.05, 3.63) is 24.2 Å². The average Bonchev–Trinajstić information content (AvgIpc) is 3.05. The summed E-state index contributed by atoms with van der Waals surface area (Å²) in [7, 11) is 0. The Labute approximate surface area is 117 Å². The first-order chi connectivity index (χ1) is 9.56. The van der Waals surface area contributed by atoms with Gasteiger partial charge >= 0.3 is 5.97 Å². The fourth-order valence-electron chi connectivity index (χ4n) is 2.61. The first-order valence-electron chi connectivity index (χ1n) is 6.88. The summed E-state index contributed by atoms with van der Waals surface area (Å²) in [5.74, 6) is 0.157. The molecule has 2 aromatic heterocycles. The Morgan fingerprint density at radius 1 is 1.50 bits per heavy atom. The zero-order valence-electron chi connectivity index (χ0n) is 11.7. The van der Waals surface area contributed by atoms with Gasteiger partial charge < -0.3 is 10.0 Å². The SMILES string of the molecule is CC(C)c1cc2c(N3CCC(C(=O)O)C3)nccn2n1. The minimum Gasteiger partial charge on any atom is -0.481 e. The van der Waals surface area contributed by atoms with Crippen LogP contribution in [0.3, 0.4) is 0 Å². The van der Waals surface area contributed by atoms with Crippen LogP contribution in [0.1, 0.15) is 31.9 Å². The number of fused-ring (bicyclic) bond motifs is 1. The Bertz CT molecular complexity index is 650. The summed E-state index contributed by atoms with van der Waals surface area (Å²) >= 11 is 0. The number of nitrogens with zero attached hydrogens (tertiary/aromatic N) is 4. The molecular formula is C14H18N4O2. The van der Waals surface area contributed by atoms with E-state index in [1.54, 1.807) is 6.20 Å². The van der Waals surface area contributed by atoms with Crippen LogP contribution < -0.4 is 4.90 Å². The standard InChI is InChI=1S/C14H18N4O2/c1-9(2)11-7-12-13(15-4-6-18(12)16-11)17-5-3-10(8-17)14(19)20/h4,6-7,9-10H,3,5,8H2,1-2H3,(H,19,20). The van der Waals surface area contributed by atoms with Crippen molar-refractivity contribution in [2.24, 2.45) is 5.92 Å². The summed E-state index contributed by atoms with van der Waals surface area (Å²) < 4.78 is 1.83. The molecule has 1 aliphatic rings. The molecule has 0 radical (unpaired) electrons. The van der Waals surface area contributed by atoms with E-state index in [2.05, 4.69) is 23.9 Å². The number of carboxylic acid groups (broad SMARTS) is 1. The minimum atomic E-state index is -0.726. The molecule has 0 saturated carbocycles. The zero-order valence-corrected chi connectivity index (χ0v) is 11.7. The summed E-state index contributed by atoms with van der Waals surface area (Å²) in [6.45, 7) is 5.45. The van der Waals surface area contributed by atoms with Gasteiger partial charge in [0.05, 0.1) is 11.6 Å². The molecule has 20 heavy (non-hydrogen) atoms. The Balaban J connectivity index is 1.97. The maximum absolute atomic E-state index is 11.1. The van der Waals surface area contributed by atoms with Crippen molar-refractivity contribution < 1.29 is 9.90 Å². The molecule has 1 atom stereocenters. The van der Waals surface area contributed by atoms with Crippen LogP contribution in [0.5, 0.6) is 0 Å². The van der Waals surface area contributed by atoms with Crippen LogP contribution in [-0.4, -0.2) is 38.8 Å². The Kier molecular flexibility index (Phi) is 3.08. The van der Waals surface area contributed by atoms with Gasteiger partial charge in [0, 0.05) is 25.5 Å². The van der Waals surface area contributed by atoms with Gasteiger partial charge in [-0.15, -0.1) is 0 Å². The monoisotopic (exact) mass is 274 g/mol. The lowest BCUT2D eigenvalue weighted by molar-refractivity contribution is -0.140. The highest BCUT2D eigenvalue weighted by molar-refractivity contribution is 5.74. The molecule has 0 aromatic carbocycles. The molecular weight excluding hydrogens is 256 g/mol. The van der Waals surface area contributed by atoms with E-state index in [4.69, 9.17) is 5.11 Å². The molecule has 6 heteroatoms. The quantitative estimate of drug-likeness (QED) is 0.923. The van der Waals surface area contributed by atoms with Gasteiger partial charge in [0.1, 0.15) is 5.52 Å². The van der Waals surface area contributed by atoms with Gasteiger partial charge in [0.25, 0.3) is 0 Å². The molecule has 1 saturated heterocycles. The third kappa shape index (κ3) is 2.11. The van der Waals surface area contributed by atoms with E-state index < -0.39 is 5.97 Å². The van der Waals surface area contributed by atoms with E-state index in [0.29, 0.717) is 18.9 Å². The summed E-state index contributed by atoms with van der Waals surface area (Å²) in [6.07, 6.45) is 4.21. The molecule has 3 heterocycles. The molecule has 0 bridgehead atoms. The van der Waals surface area contributed by atoms with Crippen molar-refractivity contribution in [3.63, 3.8) is 0 Å². The Hall–Kier alpha value is -2.11. The number of rotatable bonds is 3. The van der Waals surface area contributed by atoms with Crippen LogP contribution in [0.4, 0.5) is 5.82 Å². The van der Waals surface area contributed by atoms with E-state index in [1.165, 1.54) is 0 Å². The van der Waals surface area contributed by atoms with Crippen molar-refractivity contribution in [3.8, 4) is 0 Å². The summed E-state index contributed by atoms with van der Waals surface area (Å²) in [5, 5.41) is 13.6. The molecule has 6 nitrogen and oxygen atoms in total. The van der Waals surface area contributed by atoms with Crippen LogP contribution >= 0.6 is 0 Å². The van der Waals surface area contributed by atoms with Crippen molar-refractivity contribution in [1.29, 1.82) is 0 Å². The van der Waals surface area contributed by atoms with Gasteiger partial charge in [-0.3, -0.25) is 4.79 Å². The van der Waals surface area contributed by atoms with Crippen molar-refractivity contribution >= 4 is 17.3 Å². The molecule has 1 fully saturated rings. The molecule has 0 aliphatic carbocycles. The highest BCUT2D eigenvalue weighted by atomic mass is 16.4. The number of anilines is 1. The number of hydrogen-bond acceptors (Lipinski definition) is 4. The second kappa shape index (κ2) is 4.77. The Morgan fingerprint density at radius 3 is 2.95 bits per heavy atom. The van der Waals surface area contributed by atoms with Crippen LogP contribution in [0.25, 0.3) is 5.52 Å². The fraction of sp³-hybridized carbons (Fsp3) is 0.500. The van der Waals surface area contributed by atoms with Crippen molar-refractivity contribution in [2.45, 2.75) is 26.2 Å². The van der Waals surface area contributed by atoms with Crippen LogP contribution in [0, 0.1) is 5.92 Å². The Morgan fingerprint density at radius 2 is 2.30 bits per heavy atom. The summed E-state index contributed by atoms with van der Waals surface area (Å²) in [6, 6.07) is 2.04. The predicted molar refractivity (Wildman–Crippen MR) is 75.0 cm³/mol. The van der Waals surface area contributed by atoms with Crippen LogP contribution in [-0.2, 0) is 4.79 Å². The number of carbonyl (C=O) groups is 1. The normalized spacial score (nSPS) is 19.1.